The van der Waals surface area contributed by atoms with Gasteiger partial charge in [0, 0.05) is 13.0 Å². The number of methoxy groups -OCH3 is 2. The van der Waals surface area contributed by atoms with Crippen LogP contribution < -0.4 is 20.1 Å². The maximum Gasteiger partial charge on any atom is 0.242 e. The molecule has 1 atom stereocenters. The Labute approximate surface area is 136 Å². The van der Waals surface area contributed by atoms with Gasteiger partial charge < -0.3 is 20.1 Å². The van der Waals surface area contributed by atoms with Gasteiger partial charge in [0.1, 0.15) is 6.04 Å². The van der Waals surface area contributed by atoms with Crippen molar-refractivity contribution in [3.8, 4) is 11.5 Å². The molecule has 0 aliphatic carbocycles. The highest BCUT2D eigenvalue weighted by Crippen LogP contribution is 2.27. The quantitative estimate of drug-likeness (QED) is 0.831. The number of rotatable bonds is 6. The van der Waals surface area contributed by atoms with Crippen LogP contribution >= 0.6 is 0 Å². The molecule has 0 radical (unpaired) electrons. The van der Waals surface area contributed by atoms with Gasteiger partial charge in [0.2, 0.25) is 11.8 Å². The highest BCUT2D eigenvalue weighted by atomic mass is 16.5. The molecular weight excluding hydrogens is 296 g/mol. The van der Waals surface area contributed by atoms with Gasteiger partial charge in [0.15, 0.2) is 11.5 Å². The SMILES string of the molecule is COc1ccc(CCNC(=O)C2CCCCC(=O)N2)cc1OC. The van der Waals surface area contributed by atoms with Gasteiger partial charge in [0.05, 0.1) is 14.2 Å². The van der Waals surface area contributed by atoms with Gasteiger partial charge in [-0.2, -0.15) is 0 Å². The van der Waals surface area contributed by atoms with Crippen molar-refractivity contribution in [3.63, 3.8) is 0 Å². The Morgan fingerprint density at radius 1 is 1.26 bits per heavy atom. The minimum absolute atomic E-state index is 0.0393. The molecule has 1 saturated heterocycles. The van der Waals surface area contributed by atoms with Crippen molar-refractivity contribution in [2.75, 3.05) is 20.8 Å². The van der Waals surface area contributed by atoms with E-state index in [1.54, 1.807) is 14.2 Å². The van der Waals surface area contributed by atoms with Crippen LogP contribution in [0.15, 0.2) is 18.2 Å². The average Bonchev–Trinajstić information content (AvgIpc) is 2.79. The van der Waals surface area contributed by atoms with Crippen LogP contribution in [0, 0.1) is 0 Å². The van der Waals surface area contributed by atoms with Gasteiger partial charge in [0.25, 0.3) is 0 Å². The van der Waals surface area contributed by atoms with E-state index in [0.29, 0.717) is 37.3 Å². The third kappa shape index (κ3) is 4.87. The number of amides is 2. The molecule has 126 valence electrons. The lowest BCUT2D eigenvalue weighted by atomic mass is 10.1. The van der Waals surface area contributed by atoms with Crippen molar-refractivity contribution in [2.45, 2.75) is 38.1 Å². The number of carbonyl (C=O) groups is 2. The summed E-state index contributed by atoms with van der Waals surface area (Å²) in [6.45, 7) is 0.515. The molecule has 1 aromatic carbocycles. The number of hydrogen-bond donors (Lipinski definition) is 2. The molecule has 2 amide bonds. The minimum Gasteiger partial charge on any atom is -0.493 e. The summed E-state index contributed by atoms with van der Waals surface area (Å²) < 4.78 is 10.5. The van der Waals surface area contributed by atoms with E-state index >= 15 is 0 Å². The molecule has 2 rings (SSSR count). The van der Waals surface area contributed by atoms with E-state index in [0.717, 1.165) is 18.4 Å². The number of hydrogen-bond acceptors (Lipinski definition) is 4. The number of carbonyl (C=O) groups excluding carboxylic acids is 2. The Morgan fingerprint density at radius 2 is 2.04 bits per heavy atom. The fourth-order valence-electron chi connectivity index (χ4n) is 2.66. The summed E-state index contributed by atoms with van der Waals surface area (Å²) >= 11 is 0. The molecule has 1 aliphatic heterocycles. The highest BCUT2D eigenvalue weighted by Gasteiger charge is 2.22. The zero-order chi connectivity index (χ0) is 16.7. The summed E-state index contributed by atoms with van der Waals surface area (Å²) in [6.07, 6.45) is 3.64. The topological polar surface area (TPSA) is 76.7 Å². The molecule has 6 heteroatoms. The molecule has 1 fully saturated rings. The Morgan fingerprint density at radius 3 is 2.78 bits per heavy atom. The van der Waals surface area contributed by atoms with E-state index in [1.165, 1.54) is 0 Å². The molecule has 1 aromatic rings. The van der Waals surface area contributed by atoms with Crippen LogP contribution in [-0.2, 0) is 16.0 Å². The molecule has 0 spiro atoms. The van der Waals surface area contributed by atoms with Crippen molar-refractivity contribution in [3.05, 3.63) is 23.8 Å². The van der Waals surface area contributed by atoms with E-state index in [9.17, 15) is 9.59 Å². The van der Waals surface area contributed by atoms with Crippen molar-refractivity contribution in [1.29, 1.82) is 0 Å². The normalized spacial score (nSPS) is 17.8. The van der Waals surface area contributed by atoms with Gasteiger partial charge in [-0.15, -0.1) is 0 Å². The smallest absolute Gasteiger partial charge is 0.242 e. The predicted octanol–water partition coefficient (Wildman–Crippen LogP) is 1.42. The van der Waals surface area contributed by atoms with E-state index in [4.69, 9.17) is 9.47 Å². The molecule has 6 nitrogen and oxygen atoms in total. The van der Waals surface area contributed by atoms with Crippen LogP contribution in [0.1, 0.15) is 31.2 Å². The molecule has 23 heavy (non-hydrogen) atoms. The first kappa shape index (κ1) is 17.1. The van der Waals surface area contributed by atoms with Crippen LogP contribution in [0.2, 0.25) is 0 Å². The molecule has 0 bridgehead atoms. The second kappa shape index (κ2) is 8.41. The number of benzene rings is 1. The van der Waals surface area contributed by atoms with E-state index < -0.39 is 6.04 Å². The maximum absolute atomic E-state index is 12.1. The van der Waals surface area contributed by atoms with E-state index in [2.05, 4.69) is 10.6 Å². The van der Waals surface area contributed by atoms with Crippen LogP contribution in [0.3, 0.4) is 0 Å². The molecule has 1 heterocycles. The van der Waals surface area contributed by atoms with E-state index in [1.807, 2.05) is 18.2 Å². The van der Waals surface area contributed by atoms with Crippen molar-refractivity contribution >= 4 is 11.8 Å². The molecule has 2 N–H and O–H groups in total. The summed E-state index contributed by atoms with van der Waals surface area (Å²) in [7, 11) is 3.19. The lowest BCUT2D eigenvalue weighted by Gasteiger charge is -2.16. The number of nitrogens with one attached hydrogen (secondary N) is 2. The fraction of sp³-hybridized carbons (Fsp3) is 0.529. The van der Waals surface area contributed by atoms with Crippen molar-refractivity contribution in [2.24, 2.45) is 0 Å². The summed E-state index contributed by atoms with van der Waals surface area (Å²) in [6, 6.07) is 5.29. The molecule has 1 aliphatic rings. The first-order valence-electron chi connectivity index (χ1n) is 7.92. The molecule has 0 aromatic heterocycles. The second-order valence-electron chi connectivity index (χ2n) is 5.60. The van der Waals surface area contributed by atoms with Gasteiger partial charge >= 0.3 is 0 Å². The Kier molecular flexibility index (Phi) is 6.26. The van der Waals surface area contributed by atoms with Gasteiger partial charge in [-0.05, 0) is 37.0 Å². The van der Waals surface area contributed by atoms with Crippen molar-refractivity contribution < 1.29 is 19.1 Å². The molecule has 1 unspecified atom stereocenters. The Hall–Kier alpha value is -2.24. The summed E-state index contributed by atoms with van der Waals surface area (Å²) in [4.78, 5) is 23.6. The lowest BCUT2D eigenvalue weighted by molar-refractivity contribution is -0.128. The molecule has 0 saturated carbocycles. The summed E-state index contributed by atoms with van der Waals surface area (Å²) in [5.74, 6) is 1.21. The Bertz CT molecular complexity index is 560. The third-order valence-electron chi connectivity index (χ3n) is 3.96. The molecular formula is C17H24N2O4. The summed E-state index contributed by atoms with van der Waals surface area (Å²) in [5.41, 5.74) is 1.05. The summed E-state index contributed by atoms with van der Waals surface area (Å²) in [5, 5.41) is 5.66. The van der Waals surface area contributed by atoms with Crippen LogP contribution in [-0.4, -0.2) is 38.6 Å². The first-order chi connectivity index (χ1) is 11.1. The van der Waals surface area contributed by atoms with Crippen LogP contribution in [0.5, 0.6) is 11.5 Å². The third-order valence-corrected chi connectivity index (χ3v) is 3.96. The van der Waals surface area contributed by atoms with Crippen LogP contribution in [0.25, 0.3) is 0 Å². The lowest BCUT2D eigenvalue weighted by Crippen LogP contribution is -2.46. The van der Waals surface area contributed by atoms with Crippen molar-refractivity contribution in [1.82, 2.24) is 10.6 Å². The predicted molar refractivity (Wildman–Crippen MR) is 86.7 cm³/mol. The zero-order valence-corrected chi connectivity index (χ0v) is 13.7. The minimum atomic E-state index is -0.407. The fourth-order valence-corrected chi connectivity index (χ4v) is 2.66. The highest BCUT2D eigenvalue weighted by molar-refractivity contribution is 5.87. The standard InChI is InChI=1S/C17H24N2O4/c1-22-14-8-7-12(11-15(14)23-2)9-10-18-17(21)13-5-3-4-6-16(20)19-13/h7-8,11,13H,3-6,9-10H2,1-2H3,(H,18,21)(H,19,20). The van der Waals surface area contributed by atoms with E-state index in [-0.39, 0.29) is 11.8 Å². The maximum atomic E-state index is 12.1. The van der Waals surface area contributed by atoms with Gasteiger partial charge in [-0.3, -0.25) is 9.59 Å². The van der Waals surface area contributed by atoms with Gasteiger partial charge in [-0.25, -0.2) is 0 Å². The first-order valence-corrected chi connectivity index (χ1v) is 7.92. The zero-order valence-electron chi connectivity index (χ0n) is 13.7. The van der Waals surface area contributed by atoms with Gasteiger partial charge in [-0.1, -0.05) is 12.5 Å². The Balaban J connectivity index is 1.84. The van der Waals surface area contributed by atoms with Crippen LogP contribution in [0.4, 0.5) is 0 Å². The monoisotopic (exact) mass is 320 g/mol. The number of ether oxygens (including phenoxy) is 2. The largest absolute Gasteiger partial charge is 0.493 e. The average molecular weight is 320 g/mol. The second-order valence-corrected chi connectivity index (χ2v) is 5.60.